The van der Waals surface area contributed by atoms with Gasteiger partial charge in [0.2, 0.25) is 17.7 Å². The summed E-state index contributed by atoms with van der Waals surface area (Å²) in [6.45, 7) is -0.383. The highest BCUT2D eigenvalue weighted by Gasteiger charge is 2.20. The van der Waals surface area contributed by atoms with E-state index in [4.69, 9.17) is 16.6 Å². The fraction of sp³-hybridized carbons (Fsp3) is 0.667. The first-order valence-corrected chi connectivity index (χ1v) is 8.00. The molecule has 0 saturated carbocycles. The Balaban J connectivity index is 4.17. The van der Waals surface area contributed by atoms with Crippen LogP contribution in [-0.2, 0) is 19.2 Å². The van der Waals surface area contributed by atoms with Crippen LogP contribution in [-0.4, -0.2) is 59.4 Å². The molecule has 0 heterocycles. The minimum Gasteiger partial charge on any atom is -0.480 e. The maximum Gasteiger partial charge on any atom is 0.326 e. The molecule has 2 unspecified atom stereocenters. The van der Waals surface area contributed by atoms with Gasteiger partial charge in [0.25, 0.3) is 0 Å². The van der Waals surface area contributed by atoms with Crippen LogP contribution in [0.3, 0.4) is 0 Å². The number of nitrogens with one attached hydrogen (secondary N) is 2. The van der Waals surface area contributed by atoms with Crippen LogP contribution in [0.15, 0.2) is 0 Å². The van der Waals surface area contributed by atoms with Gasteiger partial charge in [0.05, 0.1) is 12.6 Å². The summed E-state index contributed by atoms with van der Waals surface area (Å²) in [4.78, 5) is 44.7. The molecule has 126 valence electrons. The van der Waals surface area contributed by atoms with E-state index < -0.39 is 35.8 Å². The number of carboxylic acid groups (broad SMARTS) is 1. The van der Waals surface area contributed by atoms with Gasteiger partial charge in [0, 0.05) is 6.42 Å². The number of hydrogen-bond donors (Lipinski definition) is 5. The van der Waals surface area contributed by atoms with Crippen molar-refractivity contribution in [1.82, 2.24) is 10.6 Å². The van der Waals surface area contributed by atoms with Crippen LogP contribution in [0, 0.1) is 0 Å². The zero-order chi connectivity index (χ0) is 17.1. The molecule has 0 saturated heterocycles. The van der Waals surface area contributed by atoms with E-state index in [1.165, 1.54) is 11.8 Å². The maximum atomic E-state index is 11.6. The third-order valence-electron chi connectivity index (χ3n) is 2.71. The van der Waals surface area contributed by atoms with Gasteiger partial charge in [-0.25, -0.2) is 4.79 Å². The van der Waals surface area contributed by atoms with Crippen molar-refractivity contribution >= 4 is 35.5 Å². The van der Waals surface area contributed by atoms with Gasteiger partial charge < -0.3 is 27.2 Å². The zero-order valence-electron chi connectivity index (χ0n) is 12.3. The summed E-state index contributed by atoms with van der Waals surface area (Å²) in [5.74, 6) is -2.34. The Labute approximate surface area is 132 Å². The molecule has 0 bridgehead atoms. The topological polar surface area (TPSA) is 165 Å². The Morgan fingerprint density at radius 1 is 1.23 bits per heavy atom. The second-order valence-corrected chi connectivity index (χ2v) is 5.55. The van der Waals surface area contributed by atoms with Crippen LogP contribution in [0.25, 0.3) is 0 Å². The van der Waals surface area contributed by atoms with Crippen LogP contribution in [0.4, 0.5) is 0 Å². The summed E-state index contributed by atoms with van der Waals surface area (Å²) in [5.41, 5.74) is 10.5. The smallest absolute Gasteiger partial charge is 0.326 e. The number of thioether (sulfide) groups is 1. The predicted octanol–water partition coefficient (Wildman–Crippen LogP) is -1.98. The van der Waals surface area contributed by atoms with Gasteiger partial charge in [-0.1, -0.05) is 0 Å². The van der Waals surface area contributed by atoms with Crippen LogP contribution in [0.5, 0.6) is 0 Å². The maximum absolute atomic E-state index is 11.6. The molecule has 0 radical (unpaired) electrons. The lowest BCUT2D eigenvalue weighted by Gasteiger charge is -2.15. The monoisotopic (exact) mass is 334 g/mol. The minimum atomic E-state index is -1.13. The molecule has 0 aliphatic rings. The molecule has 9 nitrogen and oxygen atoms in total. The molecular formula is C12H22N4O5S. The van der Waals surface area contributed by atoms with Crippen LogP contribution in [0.2, 0.25) is 0 Å². The molecule has 0 aromatic carbocycles. The largest absolute Gasteiger partial charge is 0.480 e. The normalized spacial score (nSPS) is 13.0. The minimum absolute atomic E-state index is 0.0312. The average molecular weight is 334 g/mol. The van der Waals surface area contributed by atoms with Crippen molar-refractivity contribution in [3.8, 4) is 0 Å². The molecule has 0 aliphatic carbocycles. The van der Waals surface area contributed by atoms with Crippen molar-refractivity contribution in [3.05, 3.63) is 0 Å². The molecular weight excluding hydrogens is 312 g/mol. The molecule has 0 aromatic heterocycles. The van der Waals surface area contributed by atoms with Gasteiger partial charge in [0.1, 0.15) is 6.04 Å². The Morgan fingerprint density at radius 3 is 2.36 bits per heavy atom. The predicted molar refractivity (Wildman–Crippen MR) is 82.0 cm³/mol. The van der Waals surface area contributed by atoms with Gasteiger partial charge in [0.15, 0.2) is 0 Å². The van der Waals surface area contributed by atoms with Crippen molar-refractivity contribution in [2.45, 2.75) is 31.3 Å². The first kappa shape index (κ1) is 20.2. The summed E-state index contributed by atoms with van der Waals surface area (Å²) in [5, 5.41) is 13.6. The quantitative estimate of drug-likeness (QED) is 0.292. The molecule has 2 atom stereocenters. The third-order valence-corrected chi connectivity index (χ3v) is 3.35. The number of primary amides is 1. The number of nitrogens with two attached hydrogens (primary N) is 2. The van der Waals surface area contributed by atoms with Crippen molar-refractivity contribution < 1.29 is 24.3 Å². The first-order chi connectivity index (χ1) is 10.3. The lowest BCUT2D eigenvalue weighted by molar-refractivity contribution is -0.141. The molecule has 0 fully saturated rings. The van der Waals surface area contributed by atoms with Gasteiger partial charge in [-0.3, -0.25) is 14.4 Å². The Hall–Kier alpha value is -1.81. The summed E-state index contributed by atoms with van der Waals surface area (Å²) in [6, 6.07) is -1.95. The summed E-state index contributed by atoms with van der Waals surface area (Å²) < 4.78 is 0. The van der Waals surface area contributed by atoms with E-state index in [1.807, 2.05) is 6.26 Å². The van der Waals surface area contributed by atoms with Crippen molar-refractivity contribution in [2.75, 3.05) is 18.6 Å². The van der Waals surface area contributed by atoms with E-state index >= 15 is 0 Å². The number of amides is 3. The lowest BCUT2D eigenvalue weighted by atomic mass is 10.1. The zero-order valence-corrected chi connectivity index (χ0v) is 13.1. The average Bonchev–Trinajstić information content (AvgIpc) is 2.45. The number of carbonyl (C=O) groups excluding carboxylic acids is 3. The number of aliphatic carboxylic acids is 1. The van der Waals surface area contributed by atoms with Crippen molar-refractivity contribution in [3.63, 3.8) is 0 Å². The van der Waals surface area contributed by atoms with Gasteiger partial charge >= 0.3 is 5.97 Å². The standard InChI is InChI=1S/C12H22N4O5S/c1-22-5-4-8(12(20)21)16-10(18)6-15-11(19)7(13)2-3-9(14)17/h7-8H,2-6,13H2,1H3,(H2,14,17)(H,15,19)(H,16,18)(H,20,21). The van der Waals surface area contributed by atoms with Crippen LogP contribution < -0.4 is 22.1 Å². The Morgan fingerprint density at radius 2 is 1.86 bits per heavy atom. The first-order valence-electron chi connectivity index (χ1n) is 6.60. The fourth-order valence-corrected chi connectivity index (χ4v) is 1.94. The molecule has 10 heteroatoms. The highest BCUT2D eigenvalue weighted by molar-refractivity contribution is 7.98. The lowest BCUT2D eigenvalue weighted by Crippen LogP contribution is -2.48. The van der Waals surface area contributed by atoms with Crippen LogP contribution >= 0.6 is 11.8 Å². The number of hydrogen-bond acceptors (Lipinski definition) is 6. The van der Waals surface area contributed by atoms with E-state index in [-0.39, 0.29) is 25.8 Å². The summed E-state index contributed by atoms with van der Waals surface area (Å²) >= 11 is 1.47. The molecule has 0 aromatic rings. The van der Waals surface area contributed by atoms with E-state index in [9.17, 15) is 19.2 Å². The Bertz CT molecular complexity index is 418. The second kappa shape index (κ2) is 10.9. The van der Waals surface area contributed by atoms with Crippen LogP contribution in [0.1, 0.15) is 19.3 Å². The number of carbonyl (C=O) groups is 4. The van der Waals surface area contributed by atoms with E-state index in [0.717, 1.165) is 0 Å². The van der Waals surface area contributed by atoms with E-state index in [2.05, 4.69) is 10.6 Å². The highest BCUT2D eigenvalue weighted by Crippen LogP contribution is 2.01. The molecule has 0 aliphatic heterocycles. The number of carboxylic acids is 1. The van der Waals surface area contributed by atoms with Crippen molar-refractivity contribution in [1.29, 1.82) is 0 Å². The highest BCUT2D eigenvalue weighted by atomic mass is 32.2. The van der Waals surface area contributed by atoms with E-state index in [1.54, 1.807) is 0 Å². The summed E-state index contributed by atoms with van der Waals surface area (Å²) in [7, 11) is 0. The molecule has 0 spiro atoms. The molecule has 3 amide bonds. The second-order valence-electron chi connectivity index (χ2n) is 4.57. The summed E-state index contributed by atoms with van der Waals surface area (Å²) in [6.07, 6.45) is 2.16. The van der Waals surface area contributed by atoms with Crippen molar-refractivity contribution in [2.24, 2.45) is 11.5 Å². The molecule has 22 heavy (non-hydrogen) atoms. The number of rotatable bonds is 11. The van der Waals surface area contributed by atoms with Gasteiger partial charge in [-0.2, -0.15) is 11.8 Å². The SMILES string of the molecule is CSCCC(NC(=O)CNC(=O)C(N)CCC(N)=O)C(=O)O. The fourth-order valence-electron chi connectivity index (χ4n) is 1.47. The molecule has 7 N–H and O–H groups in total. The van der Waals surface area contributed by atoms with Gasteiger partial charge in [-0.05, 0) is 24.9 Å². The van der Waals surface area contributed by atoms with E-state index in [0.29, 0.717) is 5.75 Å². The Kier molecular flexibility index (Phi) is 9.96. The third kappa shape index (κ3) is 9.19. The van der Waals surface area contributed by atoms with Gasteiger partial charge in [-0.15, -0.1) is 0 Å². The molecule has 0 rings (SSSR count).